The van der Waals surface area contributed by atoms with Crippen LogP contribution in [-0.2, 0) is 9.59 Å². The van der Waals surface area contributed by atoms with Gasteiger partial charge in [0.2, 0.25) is 5.91 Å². The zero-order chi connectivity index (χ0) is 12.3. The Labute approximate surface area is 96.6 Å². The summed E-state index contributed by atoms with van der Waals surface area (Å²) in [4.78, 5) is 24.9. The molecular weight excluding hydrogens is 206 g/mol. The van der Waals surface area contributed by atoms with Crippen molar-refractivity contribution < 1.29 is 14.7 Å². The van der Waals surface area contributed by atoms with Crippen molar-refractivity contribution in [3.63, 3.8) is 0 Å². The molecule has 0 unspecified atom stereocenters. The van der Waals surface area contributed by atoms with E-state index in [1.54, 1.807) is 11.9 Å². The van der Waals surface area contributed by atoms with Gasteiger partial charge in [-0.1, -0.05) is 12.8 Å². The molecule has 2 atom stereocenters. The van der Waals surface area contributed by atoms with Crippen molar-refractivity contribution in [3.8, 4) is 0 Å². The first-order valence-electron chi connectivity index (χ1n) is 5.94. The third-order valence-corrected chi connectivity index (χ3v) is 3.52. The minimum Gasteiger partial charge on any atom is -0.481 e. The third-order valence-electron chi connectivity index (χ3n) is 3.52. The van der Waals surface area contributed by atoms with E-state index in [4.69, 9.17) is 5.11 Å². The molecule has 92 valence electrons. The number of carbonyl (C=O) groups is 2. The van der Waals surface area contributed by atoms with Crippen molar-refractivity contribution in [3.05, 3.63) is 0 Å². The number of amides is 1. The highest BCUT2D eigenvalue weighted by molar-refractivity contribution is 5.85. The Morgan fingerprint density at radius 3 is 2.12 bits per heavy atom. The summed E-state index contributed by atoms with van der Waals surface area (Å²) in [5.74, 6) is -1.64. The smallest absolute Gasteiger partial charge is 0.307 e. The molecule has 0 aromatic heterocycles. The molecule has 4 nitrogen and oxygen atoms in total. The molecule has 1 saturated carbocycles. The van der Waals surface area contributed by atoms with Crippen molar-refractivity contribution in [2.45, 2.75) is 45.6 Å². The molecule has 0 aromatic rings. The fourth-order valence-electron chi connectivity index (χ4n) is 2.24. The van der Waals surface area contributed by atoms with Crippen molar-refractivity contribution in [1.29, 1.82) is 0 Å². The summed E-state index contributed by atoms with van der Waals surface area (Å²) in [5, 5.41) is 9.11. The summed E-state index contributed by atoms with van der Waals surface area (Å²) in [6.07, 6.45) is 3.24. The molecule has 1 aliphatic rings. The van der Waals surface area contributed by atoms with Gasteiger partial charge in [0.25, 0.3) is 0 Å². The molecule has 1 amide bonds. The molecular formula is C12H21NO3. The van der Waals surface area contributed by atoms with Crippen LogP contribution in [0.4, 0.5) is 0 Å². The lowest BCUT2D eigenvalue weighted by molar-refractivity contribution is -0.152. The van der Waals surface area contributed by atoms with Crippen LogP contribution in [0, 0.1) is 11.8 Å². The Bertz CT molecular complexity index is 275. The van der Waals surface area contributed by atoms with E-state index in [9.17, 15) is 9.59 Å². The van der Waals surface area contributed by atoms with Crippen LogP contribution in [-0.4, -0.2) is 35.0 Å². The predicted octanol–water partition coefficient (Wildman–Crippen LogP) is 1.74. The van der Waals surface area contributed by atoms with Crippen molar-refractivity contribution in [1.82, 2.24) is 4.90 Å². The van der Waals surface area contributed by atoms with Gasteiger partial charge in [-0.15, -0.1) is 0 Å². The summed E-state index contributed by atoms with van der Waals surface area (Å²) in [5.41, 5.74) is 0. The number of carbonyl (C=O) groups excluding carboxylic acids is 1. The predicted molar refractivity (Wildman–Crippen MR) is 61.0 cm³/mol. The van der Waals surface area contributed by atoms with Gasteiger partial charge in [-0.2, -0.15) is 0 Å². The number of carboxylic acids is 1. The number of nitrogens with zero attached hydrogens (tertiary/aromatic N) is 1. The molecule has 1 aliphatic carbocycles. The summed E-state index contributed by atoms with van der Waals surface area (Å²) >= 11 is 0. The number of aliphatic carboxylic acids is 1. The lowest BCUT2D eigenvalue weighted by Gasteiger charge is -2.32. The Hall–Kier alpha value is -1.06. The SMILES string of the molecule is CC(C)N(C)C(=O)[C@@H]1CCCC[C@@H]1C(=O)O. The monoisotopic (exact) mass is 227 g/mol. The van der Waals surface area contributed by atoms with E-state index < -0.39 is 11.9 Å². The zero-order valence-corrected chi connectivity index (χ0v) is 10.3. The second-order valence-electron chi connectivity index (χ2n) is 4.88. The van der Waals surface area contributed by atoms with Gasteiger partial charge in [0, 0.05) is 13.1 Å². The van der Waals surface area contributed by atoms with Crippen LogP contribution in [0.3, 0.4) is 0 Å². The van der Waals surface area contributed by atoms with Crippen LogP contribution in [0.2, 0.25) is 0 Å². The number of hydrogen-bond donors (Lipinski definition) is 1. The molecule has 4 heteroatoms. The van der Waals surface area contributed by atoms with Gasteiger partial charge in [-0.25, -0.2) is 0 Å². The Kier molecular flexibility index (Phi) is 4.33. The van der Waals surface area contributed by atoms with Crippen molar-refractivity contribution in [2.24, 2.45) is 11.8 Å². The van der Waals surface area contributed by atoms with Crippen LogP contribution in [0.1, 0.15) is 39.5 Å². The van der Waals surface area contributed by atoms with Crippen LogP contribution in [0.15, 0.2) is 0 Å². The average molecular weight is 227 g/mol. The highest BCUT2D eigenvalue weighted by atomic mass is 16.4. The topological polar surface area (TPSA) is 57.6 Å². The van der Waals surface area contributed by atoms with Crippen LogP contribution < -0.4 is 0 Å². The Morgan fingerprint density at radius 2 is 1.69 bits per heavy atom. The normalized spacial score (nSPS) is 25.5. The van der Waals surface area contributed by atoms with E-state index in [0.717, 1.165) is 12.8 Å². The lowest BCUT2D eigenvalue weighted by Crippen LogP contribution is -2.43. The summed E-state index contributed by atoms with van der Waals surface area (Å²) in [6, 6.07) is 0.129. The fourth-order valence-corrected chi connectivity index (χ4v) is 2.24. The minimum absolute atomic E-state index is 0.0119. The summed E-state index contributed by atoms with van der Waals surface area (Å²) < 4.78 is 0. The first kappa shape index (κ1) is 13.0. The summed E-state index contributed by atoms with van der Waals surface area (Å²) in [6.45, 7) is 3.88. The van der Waals surface area contributed by atoms with Crippen molar-refractivity contribution in [2.75, 3.05) is 7.05 Å². The average Bonchev–Trinajstić information content (AvgIpc) is 2.26. The molecule has 0 aliphatic heterocycles. The molecule has 0 saturated heterocycles. The van der Waals surface area contributed by atoms with Crippen molar-refractivity contribution >= 4 is 11.9 Å². The van der Waals surface area contributed by atoms with Gasteiger partial charge in [-0.05, 0) is 26.7 Å². The highest BCUT2D eigenvalue weighted by Crippen LogP contribution is 2.31. The highest BCUT2D eigenvalue weighted by Gasteiger charge is 2.37. The number of rotatable bonds is 3. The fraction of sp³-hybridized carbons (Fsp3) is 0.833. The maximum Gasteiger partial charge on any atom is 0.307 e. The minimum atomic E-state index is -0.824. The van der Waals surface area contributed by atoms with Gasteiger partial charge >= 0.3 is 5.97 Å². The van der Waals surface area contributed by atoms with Gasteiger partial charge in [0.15, 0.2) is 0 Å². The Balaban J connectivity index is 2.75. The summed E-state index contributed by atoms with van der Waals surface area (Å²) in [7, 11) is 1.75. The first-order chi connectivity index (χ1) is 7.45. The molecule has 1 N–H and O–H groups in total. The molecule has 1 rings (SSSR count). The van der Waals surface area contributed by atoms with Gasteiger partial charge < -0.3 is 10.0 Å². The molecule has 16 heavy (non-hydrogen) atoms. The van der Waals surface area contributed by atoms with Crippen LogP contribution >= 0.6 is 0 Å². The van der Waals surface area contributed by atoms with E-state index in [0.29, 0.717) is 12.8 Å². The molecule has 0 aromatic carbocycles. The van der Waals surface area contributed by atoms with Crippen LogP contribution in [0.25, 0.3) is 0 Å². The number of hydrogen-bond acceptors (Lipinski definition) is 2. The van der Waals surface area contributed by atoms with E-state index in [2.05, 4.69) is 0 Å². The van der Waals surface area contributed by atoms with E-state index in [1.807, 2.05) is 13.8 Å². The Morgan fingerprint density at radius 1 is 1.19 bits per heavy atom. The van der Waals surface area contributed by atoms with E-state index >= 15 is 0 Å². The second kappa shape index (κ2) is 5.32. The maximum absolute atomic E-state index is 12.1. The standard InChI is InChI=1S/C12H21NO3/c1-8(2)13(3)11(14)9-6-4-5-7-10(9)12(15)16/h8-10H,4-7H2,1-3H3,(H,15,16)/t9-,10+/m1/s1. The van der Waals surface area contributed by atoms with E-state index in [-0.39, 0.29) is 17.9 Å². The molecule has 0 radical (unpaired) electrons. The molecule has 0 bridgehead atoms. The van der Waals surface area contributed by atoms with E-state index in [1.165, 1.54) is 0 Å². The second-order valence-corrected chi connectivity index (χ2v) is 4.88. The largest absolute Gasteiger partial charge is 0.481 e. The molecule has 0 heterocycles. The van der Waals surface area contributed by atoms with Gasteiger partial charge in [-0.3, -0.25) is 9.59 Å². The zero-order valence-electron chi connectivity index (χ0n) is 10.3. The lowest BCUT2D eigenvalue weighted by atomic mass is 9.78. The third kappa shape index (κ3) is 2.74. The number of carboxylic acid groups (broad SMARTS) is 1. The molecule has 1 fully saturated rings. The maximum atomic E-state index is 12.1. The first-order valence-corrected chi connectivity index (χ1v) is 5.94. The van der Waals surface area contributed by atoms with Gasteiger partial charge in [0.05, 0.1) is 11.8 Å². The van der Waals surface area contributed by atoms with Gasteiger partial charge in [0.1, 0.15) is 0 Å². The quantitative estimate of drug-likeness (QED) is 0.799. The molecule has 0 spiro atoms. The van der Waals surface area contributed by atoms with Crippen LogP contribution in [0.5, 0.6) is 0 Å².